The maximum absolute atomic E-state index is 13.3. The first-order valence-corrected chi connectivity index (χ1v) is 15.6. The summed E-state index contributed by atoms with van der Waals surface area (Å²) in [6.07, 6.45) is 1.36. The highest BCUT2D eigenvalue weighted by Crippen LogP contribution is 2.33. The molecular formula is C34H45N3O7. The summed E-state index contributed by atoms with van der Waals surface area (Å²) in [5.74, 6) is 0.298. The third-order valence-electron chi connectivity index (χ3n) is 8.14. The molecule has 1 N–H and O–H groups in total. The van der Waals surface area contributed by atoms with Gasteiger partial charge >= 0.3 is 6.09 Å². The van der Waals surface area contributed by atoms with Gasteiger partial charge in [0.25, 0.3) is 5.91 Å². The average Bonchev–Trinajstić information content (AvgIpc) is 3.49. The number of amides is 3. The molecule has 3 heterocycles. The summed E-state index contributed by atoms with van der Waals surface area (Å²) in [6.45, 7) is 12.3. The molecule has 2 aromatic carbocycles. The molecule has 3 saturated heterocycles. The van der Waals surface area contributed by atoms with Gasteiger partial charge in [0.1, 0.15) is 23.6 Å². The van der Waals surface area contributed by atoms with Crippen LogP contribution >= 0.6 is 0 Å². The highest BCUT2D eigenvalue weighted by Gasteiger charge is 2.47. The molecule has 2 aromatic rings. The molecule has 0 aliphatic carbocycles. The first kappa shape index (κ1) is 31.8. The largest absolute Gasteiger partial charge is 0.493 e. The lowest BCUT2D eigenvalue weighted by Gasteiger charge is -2.32. The Balaban J connectivity index is 1.06. The first-order valence-electron chi connectivity index (χ1n) is 15.6. The van der Waals surface area contributed by atoms with Crippen molar-refractivity contribution in [2.24, 2.45) is 0 Å². The Hall–Kier alpha value is -3.63. The molecule has 44 heavy (non-hydrogen) atoms. The van der Waals surface area contributed by atoms with E-state index in [-0.39, 0.29) is 37.0 Å². The number of rotatable bonds is 8. The highest BCUT2D eigenvalue weighted by molar-refractivity contribution is 5.94. The van der Waals surface area contributed by atoms with Gasteiger partial charge in [-0.15, -0.1) is 0 Å². The van der Waals surface area contributed by atoms with Crippen LogP contribution in [0.1, 0.15) is 81.3 Å². The summed E-state index contributed by atoms with van der Waals surface area (Å²) in [5.41, 5.74) is 2.27. The Morgan fingerprint density at radius 2 is 1.64 bits per heavy atom. The number of nitrogens with one attached hydrogen (secondary N) is 1. The molecule has 238 valence electrons. The van der Waals surface area contributed by atoms with Gasteiger partial charge in [-0.1, -0.05) is 30.3 Å². The number of nitrogens with zero attached hydrogens (tertiary/aromatic N) is 2. The van der Waals surface area contributed by atoms with Crippen LogP contribution in [-0.2, 0) is 25.5 Å². The summed E-state index contributed by atoms with van der Waals surface area (Å²) < 4.78 is 22.9. The molecule has 10 heteroatoms. The van der Waals surface area contributed by atoms with E-state index in [0.29, 0.717) is 50.0 Å². The monoisotopic (exact) mass is 607 g/mol. The Kier molecular flexibility index (Phi) is 9.51. The van der Waals surface area contributed by atoms with Crippen molar-refractivity contribution < 1.29 is 33.3 Å². The van der Waals surface area contributed by atoms with E-state index in [9.17, 15) is 14.4 Å². The predicted molar refractivity (Wildman–Crippen MR) is 164 cm³/mol. The molecule has 3 fully saturated rings. The number of carbonyl (C=O) groups excluding carboxylic acids is 3. The first-order chi connectivity index (χ1) is 20.8. The minimum absolute atomic E-state index is 0.00403. The normalized spacial score (nSPS) is 21.6. The van der Waals surface area contributed by atoms with Crippen LogP contribution in [0.2, 0.25) is 0 Å². The van der Waals surface area contributed by atoms with Crippen molar-refractivity contribution in [3.8, 4) is 5.75 Å². The van der Waals surface area contributed by atoms with Gasteiger partial charge < -0.3 is 34.1 Å². The zero-order valence-corrected chi connectivity index (χ0v) is 26.5. The maximum Gasteiger partial charge on any atom is 0.407 e. The van der Waals surface area contributed by atoms with Gasteiger partial charge in [0.2, 0.25) is 5.91 Å². The van der Waals surface area contributed by atoms with Crippen LogP contribution in [0, 0.1) is 0 Å². The molecule has 0 bridgehead atoms. The minimum atomic E-state index is -0.596. The molecule has 0 saturated carbocycles. The number of carbonyl (C=O) groups is 3. The number of hydrogen-bond acceptors (Lipinski definition) is 7. The molecule has 0 aromatic heterocycles. The van der Waals surface area contributed by atoms with Crippen molar-refractivity contribution in [3.05, 3.63) is 65.2 Å². The second kappa shape index (κ2) is 13.2. The summed E-state index contributed by atoms with van der Waals surface area (Å²) in [6, 6.07) is 15.4. The van der Waals surface area contributed by atoms with Gasteiger partial charge in [-0.2, -0.15) is 0 Å². The number of piperidine rings is 1. The van der Waals surface area contributed by atoms with Crippen LogP contribution in [0.25, 0.3) is 0 Å². The second-order valence-corrected chi connectivity index (χ2v) is 13.3. The molecule has 10 nitrogen and oxygen atoms in total. The van der Waals surface area contributed by atoms with Crippen LogP contribution < -0.4 is 10.1 Å². The molecule has 2 atom stereocenters. The van der Waals surface area contributed by atoms with Gasteiger partial charge in [-0.3, -0.25) is 9.59 Å². The average molecular weight is 608 g/mol. The molecular weight excluding hydrogens is 562 g/mol. The third kappa shape index (κ3) is 8.30. The fourth-order valence-electron chi connectivity index (χ4n) is 6.11. The molecule has 0 unspecified atom stereocenters. The van der Waals surface area contributed by atoms with Crippen molar-refractivity contribution in [1.29, 1.82) is 0 Å². The molecule has 3 aliphatic rings. The van der Waals surface area contributed by atoms with Crippen molar-refractivity contribution in [1.82, 2.24) is 15.1 Å². The van der Waals surface area contributed by atoms with Gasteiger partial charge in [0.15, 0.2) is 5.79 Å². The van der Waals surface area contributed by atoms with Gasteiger partial charge in [0, 0.05) is 38.3 Å². The number of likely N-dealkylation sites (tertiary alicyclic amines) is 2. The van der Waals surface area contributed by atoms with Crippen LogP contribution in [0.5, 0.6) is 5.75 Å². The molecule has 5 rings (SSSR count). The van der Waals surface area contributed by atoms with Crippen molar-refractivity contribution >= 4 is 17.9 Å². The lowest BCUT2D eigenvalue weighted by Crippen LogP contribution is -2.38. The van der Waals surface area contributed by atoms with Crippen LogP contribution in [0.3, 0.4) is 0 Å². The van der Waals surface area contributed by atoms with Gasteiger partial charge in [0.05, 0.1) is 13.0 Å². The molecule has 3 amide bonds. The fraction of sp³-hybridized carbons (Fsp3) is 0.559. The number of ether oxygens (including phenoxy) is 4. The summed E-state index contributed by atoms with van der Waals surface area (Å²) >= 11 is 0. The SMILES string of the molecule is CC(C)(C)OC(=O)NCc1cccc(C2CCN(C(=O)c3cccc(OCCC(=O)N4C[C@@H]5OC(C)(C)O[C@@H]5C4)c3)CC2)c1. The highest BCUT2D eigenvalue weighted by atomic mass is 16.8. The maximum atomic E-state index is 13.3. The summed E-state index contributed by atoms with van der Waals surface area (Å²) in [4.78, 5) is 41.7. The summed E-state index contributed by atoms with van der Waals surface area (Å²) in [7, 11) is 0. The topological polar surface area (TPSA) is 107 Å². The van der Waals surface area contributed by atoms with E-state index in [0.717, 1.165) is 18.4 Å². The standard InChI is InChI=1S/C34H45N3O7/c1-33(2,3)44-32(40)35-20-23-8-6-9-25(18-23)24-12-15-36(16-13-24)31(39)26-10-7-11-27(19-26)41-17-14-30(38)37-21-28-29(22-37)43-34(4,5)42-28/h6-11,18-19,24,28-29H,12-17,20-22H2,1-5H3,(H,35,40)/t28-,29+. The van der Waals surface area contributed by atoms with E-state index < -0.39 is 17.5 Å². The van der Waals surface area contributed by atoms with E-state index in [2.05, 4.69) is 17.4 Å². The number of hydrogen-bond donors (Lipinski definition) is 1. The van der Waals surface area contributed by atoms with E-state index in [1.54, 1.807) is 17.0 Å². The minimum Gasteiger partial charge on any atom is -0.493 e. The van der Waals surface area contributed by atoms with E-state index in [4.69, 9.17) is 18.9 Å². The predicted octanol–water partition coefficient (Wildman–Crippen LogP) is 4.86. The Morgan fingerprint density at radius 3 is 2.32 bits per heavy atom. The van der Waals surface area contributed by atoms with Crippen LogP contribution in [-0.4, -0.2) is 84.1 Å². The quantitative estimate of drug-likeness (QED) is 0.457. The van der Waals surface area contributed by atoms with Gasteiger partial charge in [-0.25, -0.2) is 4.79 Å². The summed E-state index contributed by atoms with van der Waals surface area (Å²) in [5, 5.41) is 2.82. The number of benzene rings is 2. The third-order valence-corrected chi connectivity index (χ3v) is 8.14. The van der Waals surface area contributed by atoms with Crippen LogP contribution in [0.4, 0.5) is 4.79 Å². The van der Waals surface area contributed by atoms with E-state index >= 15 is 0 Å². The smallest absolute Gasteiger partial charge is 0.407 e. The van der Waals surface area contributed by atoms with E-state index in [1.807, 2.05) is 63.8 Å². The Morgan fingerprint density at radius 1 is 0.955 bits per heavy atom. The Bertz CT molecular complexity index is 1330. The molecule has 0 spiro atoms. The Labute approximate surface area is 260 Å². The molecule has 0 radical (unpaired) electrons. The zero-order valence-electron chi connectivity index (χ0n) is 26.5. The van der Waals surface area contributed by atoms with Gasteiger partial charge in [-0.05, 0) is 82.7 Å². The fourth-order valence-corrected chi connectivity index (χ4v) is 6.11. The van der Waals surface area contributed by atoms with Crippen molar-refractivity contribution in [2.75, 3.05) is 32.8 Å². The zero-order chi connectivity index (χ0) is 31.5. The number of alkyl carbamates (subject to hydrolysis) is 1. The lowest BCUT2D eigenvalue weighted by atomic mass is 9.88. The van der Waals surface area contributed by atoms with Crippen molar-refractivity contribution in [3.63, 3.8) is 0 Å². The van der Waals surface area contributed by atoms with Crippen LogP contribution in [0.15, 0.2) is 48.5 Å². The lowest BCUT2D eigenvalue weighted by molar-refractivity contribution is -0.160. The second-order valence-electron chi connectivity index (χ2n) is 13.3. The number of fused-ring (bicyclic) bond motifs is 1. The molecule has 3 aliphatic heterocycles. The van der Waals surface area contributed by atoms with E-state index in [1.165, 1.54) is 5.56 Å². The van der Waals surface area contributed by atoms with Crippen molar-refractivity contribution in [2.45, 2.75) is 89.9 Å².